The zero-order valence-electron chi connectivity index (χ0n) is 19.5. The third-order valence-corrected chi connectivity index (χ3v) is 7.16. The van der Waals surface area contributed by atoms with E-state index in [0.717, 1.165) is 53.6 Å². The maximum atomic E-state index is 6.18. The summed E-state index contributed by atoms with van der Waals surface area (Å²) in [6.07, 6.45) is 6.33. The van der Waals surface area contributed by atoms with Crippen molar-refractivity contribution in [3.63, 3.8) is 0 Å². The van der Waals surface area contributed by atoms with E-state index in [-0.39, 0.29) is 0 Å². The third-order valence-electron chi connectivity index (χ3n) is 6.08. The lowest BCUT2D eigenvalue weighted by molar-refractivity contribution is 0.0895. The second-order valence-electron chi connectivity index (χ2n) is 8.69. The Morgan fingerprint density at radius 1 is 0.971 bits per heavy atom. The summed E-state index contributed by atoms with van der Waals surface area (Å²) in [4.78, 5) is 13.9. The molecule has 1 fully saturated rings. The van der Waals surface area contributed by atoms with Gasteiger partial charge < -0.3 is 19.5 Å². The number of benzene rings is 1. The molecule has 180 valence electrons. The van der Waals surface area contributed by atoms with E-state index in [4.69, 9.17) is 19.2 Å². The molecule has 0 aliphatic carbocycles. The van der Waals surface area contributed by atoms with Gasteiger partial charge in [0.1, 0.15) is 12.4 Å². The van der Waals surface area contributed by atoms with Gasteiger partial charge in [-0.05, 0) is 75.2 Å². The second-order valence-corrected chi connectivity index (χ2v) is 9.86. The summed E-state index contributed by atoms with van der Waals surface area (Å²) in [7, 11) is 0. The van der Waals surface area contributed by atoms with E-state index >= 15 is 0 Å². The Bertz CT molecular complexity index is 1070. The summed E-state index contributed by atoms with van der Waals surface area (Å²) in [5.74, 6) is 1.45. The van der Waals surface area contributed by atoms with Crippen molar-refractivity contribution in [2.24, 2.45) is 0 Å². The number of rotatable bonds is 4. The van der Waals surface area contributed by atoms with Crippen molar-refractivity contribution in [1.29, 1.82) is 0 Å². The maximum absolute atomic E-state index is 6.18. The Labute approximate surface area is 205 Å². The van der Waals surface area contributed by atoms with E-state index in [1.165, 1.54) is 30.8 Å². The molecule has 0 amide bonds. The van der Waals surface area contributed by atoms with Gasteiger partial charge in [0.15, 0.2) is 0 Å². The van der Waals surface area contributed by atoms with Gasteiger partial charge in [-0.1, -0.05) is 0 Å². The lowest BCUT2D eigenvalue weighted by atomic mass is 10.2. The molecule has 2 aromatic heterocycles. The minimum Gasteiger partial charge on any atom is -0.492 e. The topological polar surface area (TPSA) is 68.7 Å². The zero-order chi connectivity index (χ0) is 23.0. The van der Waals surface area contributed by atoms with Crippen molar-refractivity contribution < 1.29 is 14.2 Å². The van der Waals surface area contributed by atoms with Crippen molar-refractivity contribution in [3.8, 4) is 16.3 Å². The normalized spacial score (nSPS) is 17.5. The number of likely N-dealkylation sites (tertiary alicyclic amines) is 1. The Morgan fingerprint density at radius 3 is 2.71 bits per heavy atom. The van der Waals surface area contributed by atoms with Crippen LogP contribution in [0.2, 0.25) is 0 Å². The molecule has 2 aliphatic heterocycles. The van der Waals surface area contributed by atoms with Gasteiger partial charge in [-0.3, -0.25) is 4.90 Å². The Morgan fingerprint density at radius 2 is 1.82 bits per heavy atom. The number of aromatic nitrogens is 2. The molecule has 0 radical (unpaired) electrons. The minimum absolute atomic E-state index is 0.507. The molecule has 8 heteroatoms. The van der Waals surface area contributed by atoms with Crippen LogP contribution in [0, 0.1) is 0 Å². The molecule has 0 atom stereocenters. The number of hydrogen-bond acceptors (Lipinski definition) is 8. The van der Waals surface area contributed by atoms with Gasteiger partial charge in [-0.2, -0.15) is 0 Å². The molecule has 1 aromatic carbocycles. The Balaban J connectivity index is 1.33. The van der Waals surface area contributed by atoms with Gasteiger partial charge in [0.25, 0.3) is 0 Å². The first-order chi connectivity index (χ1) is 16.8. The quantitative estimate of drug-likeness (QED) is 0.547. The molecule has 4 heterocycles. The summed E-state index contributed by atoms with van der Waals surface area (Å²) < 4.78 is 18.0. The standard InChI is InChI=1S/C26H32N4O3S/c1-2-12-30(11-1)13-16-33-24-7-5-21-17-20(24)18-31-14-3-4-15-32-19-22-6-8-25(34-22)23-9-10-27-26(28-21)29-23/h5-10,17H,1-4,11-16,18-19H2,(H,27,28,29). The molecule has 1 saturated heterocycles. The average Bonchev–Trinajstić information content (AvgIpc) is 3.54. The highest BCUT2D eigenvalue weighted by molar-refractivity contribution is 7.15. The van der Waals surface area contributed by atoms with Gasteiger partial charge in [0.2, 0.25) is 5.95 Å². The molecule has 0 spiro atoms. The van der Waals surface area contributed by atoms with E-state index in [2.05, 4.69) is 33.4 Å². The number of hydrogen-bond donors (Lipinski definition) is 1. The molecule has 3 aromatic rings. The summed E-state index contributed by atoms with van der Waals surface area (Å²) >= 11 is 1.71. The first-order valence-electron chi connectivity index (χ1n) is 12.2. The molecule has 6 bridgehead atoms. The largest absolute Gasteiger partial charge is 0.492 e. The van der Waals surface area contributed by atoms with Crippen molar-refractivity contribution in [2.45, 2.75) is 38.9 Å². The van der Waals surface area contributed by atoms with E-state index in [1.807, 2.05) is 18.2 Å². The Hall–Kier alpha value is -2.52. The minimum atomic E-state index is 0.507. The fraction of sp³-hybridized carbons (Fsp3) is 0.462. The number of ether oxygens (including phenoxy) is 3. The molecule has 0 saturated carbocycles. The average molecular weight is 481 g/mol. The first-order valence-corrected chi connectivity index (χ1v) is 13.0. The second kappa shape index (κ2) is 11.8. The Kier molecular flexibility index (Phi) is 8.03. The van der Waals surface area contributed by atoms with Gasteiger partial charge in [0.05, 0.1) is 23.8 Å². The number of nitrogens with zero attached hydrogens (tertiary/aromatic N) is 3. The molecule has 0 unspecified atom stereocenters. The number of nitrogens with one attached hydrogen (secondary N) is 1. The van der Waals surface area contributed by atoms with Crippen LogP contribution in [0.15, 0.2) is 42.6 Å². The summed E-state index contributed by atoms with van der Waals surface area (Å²) in [6.45, 7) is 6.57. The van der Waals surface area contributed by atoms with Crippen LogP contribution in [0.5, 0.6) is 5.75 Å². The molecular weight excluding hydrogens is 448 g/mol. The van der Waals surface area contributed by atoms with Crippen LogP contribution >= 0.6 is 11.3 Å². The summed E-state index contributed by atoms with van der Waals surface area (Å²) in [5.41, 5.74) is 2.85. The first kappa shape index (κ1) is 23.2. The summed E-state index contributed by atoms with van der Waals surface area (Å²) in [6, 6.07) is 12.3. The van der Waals surface area contributed by atoms with Gasteiger partial charge in [0, 0.05) is 42.1 Å². The molecular formula is C26H32N4O3S. The van der Waals surface area contributed by atoms with Crippen LogP contribution < -0.4 is 10.1 Å². The monoisotopic (exact) mass is 480 g/mol. The fourth-order valence-corrected chi connectivity index (χ4v) is 5.16. The highest BCUT2D eigenvalue weighted by atomic mass is 32.1. The van der Waals surface area contributed by atoms with Crippen LogP contribution in [0.3, 0.4) is 0 Å². The van der Waals surface area contributed by atoms with Crippen molar-refractivity contribution in [1.82, 2.24) is 14.9 Å². The van der Waals surface area contributed by atoms with Gasteiger partial charge in [-0.15, -0.1) is 11.3 Å². The SMILES string of the molecule is c1cc2nc(n1)Nc1ccc(OCCN3CCCC3)c(c1)COCCCCOCc1ccc-2s1. The summed E-state index contributed by atoms with van der Waals surface area (Å²) in [5, 5.41) is 3.35. The lowest BCUT2D eigenvalue weighted by Gasteiger charge is -2.17. The molecule has 5 rings (SSSR count). The fourth-order valence-electron chi connectivity index (χ4n) is 4.24. The van der Waals surface area contributed by atoms with E-state index in [1.54, 1.807) is 17.5 Å². The number of fused-ring (bicyclic) bond motifs is 7. The molecule has 7 nitrogen and oxygen atoms in total. The third kappa shape index (κ3) is 6.33. The predicted molar refractivity (Wildman–Crippen MR) is 135 cm³/mol. The molecule has 1 N–H and O–H groups in total. The highest BCUT2D eigenvalue weighted by Crippen LogP contribution is 2.29. The maximum Gasteiger partial charge on any atom is 0.227 e. The van der Waals surface area contributed by atoms with Gasteiger partial charge >= 0.3 is 0 Å². The van der Waals surface area contributed by atoms with Crippen molar-refractivity contribution in [2.75, 3.05) is 44.8 Å². The van der Waals surface area contributed by atoms with E-state index < -0.39 is 0 Å². The van der Waals surface area contributed by atoms with Gasteiger partial charge in [-0.25, -0.2) is 9.97 Å². The smallest absolute Gasteiger partial charge is 0.227 e. The van der Waals surface area contributed by atoms with Crippen LogP contribution in [-0.2, 0) is 22.7 Å². The number of anilines is 2. The predicted octanol–water partition coefficient (Wildman–Crippen LogP) is 5.25. The van der Waals surface area contributed by atoms with E-state index in [0.29, 0.717) is 32.4 Å². The molecule has 34 heavy (non-hydrogen) atoms. The van der Waals surface area contributed by atoms with Crippen LogP contribution in [0.25, 0.3) is 10.6 Å². The highest BCUT2D eigenvalue weighted by Gasteiger charge is 2.13. The van der Waals surface area contributed by atoms with Crippen molar-refractivity contribution >= 4 is 23.0 Å². The van der Waals surface area contributed by atoms with Crippen LogP contribution in [-0.4, -0.2) is 54.3 Å². The van der Waals surface area contributed by atoms with E-state index in [9.17, 15) is 0 Å². The molecule has 2 aliphatic rings. The van der Waals surface area contributed by atoms with Crippen LogP contribution in [0.4, 0.5) is 11.6 Å². The van der Waals surface area contributed by atoms with Crippen LogP contribution in [0.1, 0.15) is 36.1 Å². The zero-order valence-corrected chi connectivity index (χ0v) is 20.3. The number of thiophene rings is 1. The van der Waals surface area contributed by atoms with Crippen molar-refractivity contribution in [3.05, 3.63) is 53.0 Å². The lowest BCUT2D eigenvalue weighted by Crippen LogP contribution is -2.25.